The lowest BCUT2D eigenvalue weighted by Gasteiger charge is -2.02. The van der Waals surface area contributed by atoms with Gasteiger partial charge in [0, 0.05) is 0 Å². The van der Waals surface area contributed by atoms with Gasteiger partial charge in [-0.1, -0.05) is 0 Å². The Kier molecular flexibility index (Phi) is 2.12. The molecule has 1 rings (SSSR count). The number of carbonyl (C=O) groups excluding carboxylic acids is 1. The van der Waals surface area contributed by atoms with Gasteiger partial charge in [-0.25, -0.2) is 4.79 Å². The summed E-state index contributed by atoms with van der Waals surface area (Å²) in [5.74, 6) is 0. The van der Waals surface area contributed by atoms with Crippen molar-refractivity contribution in [2.24, 2.45) is 0 Å². The highest BCUT2D eigenvalue weighted by Gasteiger charge is 2.66. The lowest BCUT2D eigenvalue weighted by Crippen LogP contribution is -2.21. The Bertz CT molecular complexity index is 298. The lowest BCUT2D eigenvalue weighted by molar-refractivity contribution is 0.132. The topological polar surface area (TPSA) is 76.9 Å². The molecule has 5 nitrogen and oxygen atoms in total. The van der Waals surface area contributed by atoms with Crippen LogP contribution in [-0.2, 0) is 4.74 Å². The minimum Gasteiger partial charge on any atom is -0.450 e. The highest BCUT2D eigenvalue weighted by Crippen LogP contribution is 2.40. The van der Waals surface area contributed by atoms with E-state index in [-0.39, 0.29) is 12.6 Å². The van der Waals surface area contributed by atoms with E-state index in [1.54, 1.807) is 26.0 Å². The van der Waals surface area contributed by atoms with E-state index in [0.717, 1.165) is 4.90 Å². The van der Waals surface area contributed by atoms with Crippen LogP contribution in [-0.4, -0.2) is 29.2 Å². The minimum absolute atomic E-state index is 0.245. The first-order chi connectivity index (χ1) is 6.14. The molecule has 0 bridgehead atoms. The summed E-state index contributed by atoms with van der Waals surface area (Å²) in [4.78, 5) is 12.3. The molecule has 0 radical (unpaired) electrons. The van der Waals surface area contributed by atoms with Gasteiger partial charge in [0.05, 0.1) is 12.6 Å². The highest BCUT2D eigenvalue weighted by molar-refractivity contribution is 5.76. The lowest BCUT2D eigenvalue weighted by atomic mass is 10.1. The smallest absolute Gasteiger partial charge is 0.412 e. The molecule has 0 spiro atoms. The largest absolute Gasteiger partial charge is 0.450 e. The molecule has 0 aromatic rings. The van der Waals surface area contributed by atoms with Gasteiger partial charge in [0.2, 0.25) is 5.54 Å². The third-order valence-electron chi connectivity index (χ3n) is 2.11. The monoisotopic (exact) mass is 179 g/mol. The van der Waals surface area contributed by atoms with E-state index >= 15 is 0 Å². The average Bonchev–Trinajstić information content (AvgIpc) is 2.72. The van der Waals surface area contributed by atoms with Crippen molar-refractivity contribution >= 4 is 6.09 Å². The molecule has 1 heterocycles. The molecule has 1 fully saturated rings. The standard InChI is InChI=1S/C8H9N3O2/c1-3-13-7(12)11-6(2)8(11,4-9)5-10/h6H,3H2,1-2H3. The van der Waals surface area contributed by atoms with Crippen LogP contribution in [0.4, 0.5) is 4.79 Å². The van der Waals surface area contributed by atoms with Crippen LogP contribution in [0.15, 0.2) is 0 Å². The quantitative estimate of drug-likeness (QED) is 0.553. The van der Waals surface area contributed by atoms with Crippen LogP contribution < -0.4 is 0 Å². The molecule has 0 aliphatic carbocycles. The summed E-state index contributed by atoms with van der Waals surface area (Å²) in [5, 5.41) is 17.4. The Balaban J connectivity index is 2.75. The third-order valence-corrected chi connectivity index (χ3v) is 2.11. The summed E-state index contributed by atoms with van der Waals surface area (Å²) in [7, 11) is 0. The summed E-state index contributed by atoms with van der Waals surface area (Å²) >= 11 is 0. The molecule has 1 atom stereocenters. The highest BCUT2D eigenvalue weighted by atomic mass is 16.6. The van der Waals surface area contributed by atoms with Crippen molar-refractivity contribution in [2.45, 2.75) is 25.4 Å². The van der Waals surface area contributed by atoms with Crippen LogP contribution in [0, 0.1) is 22.7 Å². The van der Waals surface area contributed by atoms with E-state index in [1.807, 2.05) is 0 Å². The number of hydrogen-bond donors (Lipinski definition) is 0. The normalized spacial score (nSPS) is 22.8. The summed E-state index contributed by atoms with van der Waals surface area (Å²) in [6, 6.07) is 3.24. The molecule has 5 heteroatoms. The zero-order valence-corrected chi connectivity index (χ0v) is 7.44. The van der Waals surface area contributed by atoms with Crippen molar-refractivity contribution in [1.29, 1.82) is 10.5 Å². The van der Waals surface area contributed by atoms with E-state index in [2.05, 4.69) is 4.74 Å². The van der Waals surface area contributed by atoms with E-state index in [9.17, 15) is 4.79 Å². The van der Waals surface area contributed by atoms with Gasteiger partial charge in [0.1, 0.15) is 12.1 Å². The fraction of sp³-hybridized carbons (Fsp3) is 0.625. The summed E-state index contributed by atoms with van der Waals surface area (Å²) in [6.45, 7) is 3.56. The van der Waals surface area contributed by atoms with Gasteiger partial charge in [0.25, 0.3) is 0 Å². The zero-order chi connectivity index (χ0) is 10.1. The number of carbonyl (C=O) groups is 1. The summed E-state index contributed by atoms with van der Waals surface area (Å²) < 4.78 is 4.68. The molecule has 1 amide bonds. The maximum absolute atomic E-state index is 11.2. The fourth-order valence-corrected chi connectivity index (χ4v) is 1.24. The second kappa shape index (κ2) is 2.95. The third kappa shape index (κ3) is 1.09. The second-order valence-electron chi connectivity index (χ2n) is 2.73. The van der Waals surface area contributed by atoms with E-state index in [0.29, 0.717) is 0 Å². The summed E-state index contributed by atoms with van der Waals surface area (Å²) in [5.41, 5.74) is -1.30. The van der Waals surface area contributed by atoms with Gasteiger partial charge in [-0.3, -0.25) is 4.90 Å². The molecule has 0 aromatic heterocycles. The van der Waals surface area contributed by atoms with Crippen LogP contribution in [0.3, 0.4) is 0 Å². The fourth-order valence-electron chi connectivity index (χ4n) is 1.24. The molecule has 1 aliphatic rings. The van der Waals surface area contributed by atoms with Crippen LogP contribution in [0.25, 0.3) is 0 Å². The zero-order valence-electron chi connectivity index (χ0n) is 7.44. The van der Waals surface area contributed by atoms with Gasteiger partial charge < -0.3 is 4.74 Å². The van der Waals surface area contributed by atoms with Crippen LogP contribution in [0.2, 0.25) is 0 Å². The Morgan fingerprint density at radius 3 is 2.46 bits per heavy atom. The average molecular weight is 179 g/mol. The SMILES string of the molecule is CCOC(=O)N1C(C)C1(C#N)C#N. The van der Waals surface area contributed by atoms with Crippen molar-refractivity contribution in [2.75, 3.05) is 6.61 Å². The number of rotatable bonds is 1. The molecule has 0 saturated carbocycles. The number of ether oxygens (including phenoxy) is 1. The Hall–Kier alpha value is -1.75. The number of amides is 1. The molecule has 1 saturated heterocycles. The number of nitrogens with zero attached hydrogens (tertiary/aromatic N) is 3. The van der Waals surface area contributed by atoms with E-state index in [1.165, 1.54) is 0 Å². The molecule has 0 aromatic carbocycles. The Labute approximate surface area is 76.1 Å². The van der Waals surface area contributed by atoms with Crippen molar-refractivity contribution in [3.05, 3.63) is 0 Å². The molecule has 1 aliphatic heterocycles. The van der Waals surface area contributed by atoms with Gasteiger partial charge >= 0.3 is 6.09 Å². The van der Waals surface area contributed by atoms with Crippen LogP contribution in [0.1, 0.15) is 13.8 Å². The van der Waals surface area contributed by atoms with E-state index < -0.39 is 11.6 Å². The van der Waals surface area contributed by atoms with Crippen molar-refractivity contribution < 1.29 is 9.53 Å². The molecule has 13 heavy (non-hydrogen) atoms. The first kappa shape index (κ1) is 9.34. The maximum atomic E-state index is 11.2. The van der Waals surface area contributed by atoms with Gasteiger partial charge in [0.15, 0.2) is 0 Å². The molecule has 0 N–H and O–H groups in total. The van der Waals surface area contributed by atoms with Crippen LogP contribution in [0.5, 0.6) is 0 Å². The first-order valence-electron chi connectivity index (χ1n) is 3.92. The van der Waals surface area contributed by atoms with Crippen LogP contribution >= 0.6 is 0 Å². The van der Waals surface area contributed by atoms with Gasteiger partial charge in [-0.2, -0.15) is 10.5 Å². The van der Waals surface area contributed by atoms with Gasteiger partial charge in [-0.15, -0.1) is 0 Å². The predicted octanol–water partition coefficient (Wildman–Crippen LogP) is 0.633. The molecular weight excluding hydrogens is 170 g/mol. The van der Waals surface area contributed by atoms with E-state index in [4.69, 9.17) is 10.5 Å². The van der Waals surface area contributed by atoms with Gasteiger partial charge in [-0.05, 0) is 13.8 Å². The second-order valence-corrected chi connectivity index (χ2v) is 2.73. The predicted molar refractivity (Wildman–Crippen MR) is 42.3 cm³/mol. The maximum Gasteiger partial charge on any atom is 0.412 e. The number of nitriles is 2. The Morgan fingerprint density at radius 2 is 2.15 bits per heavy atom. The molecular formula is C8H9N3O2. The van der Waals surface area contributed by atoms with Crippen molar-refractivity contribution in [3.8, 4) is 12.1 Å². The number of hydrogen-bond acceptors (Lipinski definition) is 4. The summed E-state index contributed by atoms with van der Waals surface area (Å²) in [6.07, 6.45) is -0.599. The van der Waals surface area contributed by atoms with Crippen molar-refractivity contribution in [1.82, 2.24) is 4.90 Å². The Morgan fingerprint density at radius 1 is 1.62 bits per heavy atom. The molecule has 68 valence electrons. The minimum atomic E-state index is -1.30. The first-order valence-corrected chi connectivity index (χ1v) is 3.92. The van der Waals surface area contributed by atoms with Crippen molar-refractivity contribution in [3.63, 3.8) is 0 Å². The molecule has 1 unspecified atom stereocenters.